The first kappa shape index (κ1) is 13.1. The maximum absolute atomic E-state index is 14.0. The number of nitrogens with one attached hydrogen (secondary N) is 1. The van der Waals surface area contributed by atoms with E-state index in [1.165, 1.54) is 6.07 Å². The number of rotatable bonds is 5. The molecule has 0 amide bonds. The van der Waals surface area contributed by atoms with Crippen LogP contribution in [-0.2, 0) is 0 Å². The second kappa shape index (κ2) is 6.03. The number of halogens is 2. The number of benzene rings is 1. The third-order valence-electron chi connectivity index (χ3n) is 2.70. The van der Waals surface area contributed by atoms with E-state index >= 15 is 0 Å². The summed E-state index contributed by atoms with van der Waals surface area (Å²) in [5, 5.41) is 3.67. The first-order valence-corrected chi connectivity index (χ1v) is 6.32. The Morgan fingerprint density at radius 3 is 2.83 bits per heavy atom. The summed E-state index contributed by atoms with van der Waals surface area (Å²) in [4.78, 5) is 0. The van der Waals surface area contributed by atoms with Crippen LogP contribution in [-0.4, -0.2) is 6.54 Å². The topological polar surface area (TPSA) is 25.2 Å². The van der Waals surface area contributed by atoms with Crippen LogP contribution in [0.4, 0.5) is 4.39 Å². The smallest absolute Gasteiger partial charge is 0.129 e. The van der Waals surface area contributed by atoms with Gasteiger partial charge in [-0.05, 0) is 37.2 Å². The van der Waals surface area contributed by atoms with Gasteiger partial charge in [0.05, 0.1) is 12.3 Å². The minimum atomic E-state index is -0.326. The Bertz CT molecular complexity index is 499. The monoisotopic (exact) mass is 267 g/mol. The fourth-order valence-corrected chi connectivity index (χ4v) is 2.00. The van der Waals surface area contributed by atoms with Crippen molar-refractivity contribution in [2.24, 2.45) is 0 Å². The Balaban J connectivity index is 2.33. The van der Waals surface area contributed by atoms with E-state index in [-0.39, 0.29) is 11.9 Å². The van der Waals surface area contributed by atoms with Crippen LogP contribution in [0.5, 0.6) is 0 Å². The molecule has 1 heterocycles. The zero-order valence-corrected chi connectivity index (χ0v) is 10.9. The lowest BCUT2D eigenvalue weighted by atomic mass is 10.0. The van der Waals surface area contributed by atoms with Crippen LogP contribution in [0, 0.1) is 5.82 Å². The maximum Gasteiger partial charge on any atom is 0.129 e. The molecule has 2 rings (SSSR count). The first-order chi connectivity index (χ1) is 8.72. The summed E-state index contributed by atoms with van der Waals surface area (Å²) < 4.78 is 19.3. The molecular formula is C14H15ClFNO. The van der Waals surface area contributed by atoms with Crippen LogP contribution in [0.25, 0.3) is 0 Å². The summed E-state index contributed by atoms with van der Waals surface area (Å²) in [5.41, 5.74) is 0.544. The largest absolute Gasteiger partial charge is 0.467 e. The third kappa shape index (κ3) is 2.92. The van der Waals surface area contributed by atoms with E-state index in [2.05, 4.69) is 12.2 Å². The quantitative estimate of drug-likeness (QED) is 0.880. The van der Waals surface area contributed by atoms with Gasteiger partial charge in [0.15, 0.2) is 0 Å². The van der Waals surface area contributed by atoms with Gasteiger partial charge in [0, 0.05) is 10.6 Å². The highest BCUT2D eigenvalue weighted by atomic mass is 35.5. The highest BCUT2D eigenvalue weighted by molar-refractivity contribution is 6.30. The number of hydrogen-bond acceptors (Lipinski definition) is 2. The van der Waals surface area contributed by atoms with Crippen molar-refractivity contribution in [1.82, 2.24) is 5.32 Å². The molecule has 0 aliphatic carbocycles. The SMILES string of the molecule is CCCNC(c1ccco1)c1ccc(Cl)cc1F. The minimum Gasteiger partial charge on any atom is -0.467 e. The van der Waals surface area contributed by atoms with Gasteiger partial charge in [0.25, 0.3) is 0 Å². The average molecular weight is 268 g/mol. The Hall–Kier alpha value is -1.32. The predicted molar refractivity (Wildman–Crippen MR) is 70.3 cm³/mol. The van der Waals surface area contributed by atoms with E-state index in [4.69, 9.17) is 16.0 Å². The van der Waals surface area contributed by atoms with Crippen LogP contribution in [0.2, 0.25) is 5.02 Å². The van der Waals surface area contributed by atoms with Crippen molar-refractivity contribution in [3.63, 3.8) is 0 Å². The van der Waals surface area contributed by atoms with Crippen molar-refractivity contribution in [1.29, 1.82) is 0 Å². The number of furan rings is 1. The summed E-state index contributed by atoms with van der Waals surface area (Å²) in [5.74, 6) is 0.372. The Morgan fingerprint density at radius 1 is 1.39 bits per heavy atom. The van der Waals surface area contributed by atoms with Gasteiger partial charge in [0.2, 0.25) is 0 Å². The molecule has 1 unspecified atom stereocenters. The molecule has 0 spiro atoms. The molecule has 0 saturated carbocycles. The average Bonchev–Trinajstić information content (AvgIpc) is 2.85. The van der Waals surface area contributed by atoms with Crippen molar-refractivity contribution in [2.75, 3.05) is 6.54 Å². The molecule has 96 valence electrons. The molecule has 0 aliphatic heterocycles. The Kier molecular flexibility index (Phi) is 4.39. The zero-order valence-electron chi connectivity index (χ0n) is 10.1. The van der Waals surface area contributed by atoms with Crippen molar-refractivity contribution >= 4 is 11.6 Å². The molecule has 1 aromatic carbocycles. The summed E-state index contributed by atoms with van der Waals surface area (Å²) in [7, 11) is 0. The van der Waals surface area contributed by atoms with Crippen LogP contribution in [0.15, 0.2) is 41.0 Å². The molecule has 0 saturated heterocycles. The normalized spacial score (nSPS) is 12.6. The van der Waals surface area contributed by atoms with Crippen molar-refractivity contribution in [3.05, 3.63) is 58.8 Å². The highest BCUT2D eigenvalue weighted by Gasteiger charge is 2.19. The fraction of sp³-hybridized carbons (Fsp3) is 0.286. The summed E-state index contributed by atoms with van der Waals surface area (Å²) in [6.45, 7) is 2.85. The Morgan fingerprint density at radius 2 is 2.22 bits per heavy atom. The molecule has 0 bridgehead atoms. The Labute approximate surface area is 111 Å². The van der Waals surface area contributed by atoms with Crippen molar-refractivity contribution in [3.8, 4) is 0 Å². The summed E-state index contributed by atoms with van der Waals surface area (Å²) in [6, 6.07) is 8.04. The van der Waals surface area contributed by atoms with E-state index in [0.29, 0.717) is 16.3 Å². The lowest BCUT2D eigenvalue weighted by Crippen LogP contribution is -2.23. The molecule has 2 nitrogen and oxygen atoms in total. The standard InChI is InChI=1S/C14H15ClFNO/c1-2-7-17-14(13-4-3-8-18-13)11-6-5-10(15)9-12(11)16/h3-6,8-9,14,17H,2,7H2,1H3. The molecule has 18 heavy (non-hydrogen) atoms. The third-order valence-corrected chi connectivity index (χ3v) is 2.93. The molecule has 0 aliphatic rings. The van der Waals surface area contributed by atoms with E-state index < -0.39 is 0 Å². The van der Waals surface area contributed by atoms with E-state index in [1.807, 2.05) is 6.07 Å². The van der Waals surface area contributed by atoms with Gasteiger partial charge in [-0.3, -0.25) is 0 Å². The second-order valence-electron chi connectivity index (χ2n) is 4.07. The van der Waals surface area contributed by atoms with Gasteiger partial charge in [0.1, 0.15) is 11.6 Å². The predicted octanol–water partition coefficient (Wildman–Crippen LogP) is 4.16. The molecule has 2 aromatic rings. The lowest BCUT2D eigenvalue weighted by Gasteiger charge is -2.17. The van der Waals surface area contributed by atoms with Gasteiger partial charge >= 0.3 is 0 Å². The van der Waals surface area contributed by atoms with Crippen LogP contribution < -0.4 is 5.32 Å². The van der Waals surface area contributed by atoms with Crippen molar-refractivity contribution < 1.29 is 8.81 Å². The number of hydrogen-bond donors (Lipinski definition) is 1. The van der Waals surface area contributed by atoms with Gasteiger partial charge in [-0.2, -0.15) is 0 Å². The van der Waals surface area contributed by atoms with Gasteiger partial charge in [-0.25, -0.2) is 4.39 Å². The van der Waals surface area contributed by atoms with Crippen molar-refractivity contribution in [2.45, 2.75) is 19.4 Å². The molecule has 1 atom stereocenters. The zero-order chi connectivity index (χ0) is 13.0. The van der Waals surface area contributed by atoms with Crippen LogP contribution in [0.3, 0.4) is 0 Å². The first-order valence-electron chi connectivity index (χ1n) is 5.94. The highest BCUT2D eigenvalue weighted by Crippen LogP contribution is 2.26. The second-order valence-corrected chi connectivity index (χ2v) is 4.50. The molecule has 0 fully saturated rings. The van der Waals surface area contributed by atoms with E-state index in [0.717, 1.165) is 13.0 Å². The minimum absolute atomic E-state index is 0.280. The molecular weight excluding hydrogens is 253 g/mol. The van der Waals surface area contributed by atoms with E-state index in [1.54, 1.807) is 24.5 Å². The summed E-state index contributed by atoms with van der Waals surface area (Å²) >= 11 is 5.77. The molecule has 4 heteroatoms. The van der Waals surface area contributed by atoms with Crippen LogP contribution >= 0.6 is 11.6 Å². The summed E-state index contributed by atoms with van der Waals surface area (Å²) in [6.07, 6.45) is 2.55. The molecule has 0 radical (unpaired) electrons. The van der Waals surface area contributed by atoms with Gasteiger partial charge in [-0.1, -0.05) is 24.6 Å². The van der Waals surface area contributed by atoms with Gasteiger partial charge in [-0.15, -0.1) is 0 Å². The fourth-order valence-electron chi connectivity index (χ4n) is 1.84. The lowest BCUT2D eigenvalue weighted by molar-refractivity contribution is 0.436. The van der Waals surface area contributed by atoms with Gasteiger partial charge < -0.3 is 9.73 Å². The van der Waals surface area contributed by atoms with E-state index in [9.17, 15) is 4.39 Å². The van der Waals surface area contributed by atoms with Crippen LogP contribution in [0.1, 0.15) is 30.7 Å². The molecule has 1 aromatic heterocycles. The maximum atomic E-state index is 14.0. The molecule has 1 N–H and O–H groups in total.